The fourth-order valence-electron chi connectivity index (χ4n) is 3.68. The van der Waals surface area contributed by atoms with E-state index in [0.29, 0.717) is 5.75 Å². The van der Waals surface area contributed by atoms with Gasteiger partial charge >= 0.3 is 0 Å². The monoisotopic (exact) mass is 418 g/mol. The molecule has 29 heavy (non-hydrogen) atoms. The van der Waals surface area contributed by atoms with Crippen LogP contribution in [0.2, 0.25) is 0 Å². The number of hydrogen-bond acceptors (Lipinski definition) is 5. The minimum atomic E-state index is 0.0987. The van der Waals surface area contributed by atoms with Crippen LogP contribution in [-0.4, -0.2) is 30.7 Å². The molecular weight excluding hydrogens is 400 g/mol. The topological polar surface area (TPSA) is 52.2 Å². The minimum Gasteiger partial charge on any atom is -0.318 e. The molecule has 2 aromatic carbocycles. The number of hydrogen-bond donors (Lipinski definition) is 0. The number of ketones is 1. The smallest absolute Gasteiger partial charge is 0.217 e. The zero-order valence-corrected chi connectivity index (χ0v) is 17.6. The minimum absolute atomic E-state index is 0.0987. The van der Waals surface area contributed by atoms with Gasteiger partial charge in [-0.3, -0.25) is 9.20 Å². The predicted molar refractivity (Wildman–Crippen MR) is 119 cm³/mol. The first-order chi connectivity index (χ1) is 14.1. The van der Waals surface area contributed by atoms with Gasteiger partial charge in [0.1, 0.15) is 0 Å². The van der Waals surface area contributed by atoms with Crippen LogP contribution in [0.15, 0.2) is 65.8 Å². The summed E-state index contributed by atoms with van der Waals surface area (Å²) in [5.74, 6) is 0.422. The molecule has 3 heterocycles. The number of para-hydroxylation sites is 2. The van der Waals surface area contributed by atoms with Crippen LogP contribution in [0.5, 0.6) is 0 Å². The summed E-state index contributed by atoms with van der Waals surface area (Å²) in [6, 6.07) is 20.2. The van der Waals surface area contributed by atoms with Crippen molar-refractivity contribution >= 4 is 44.1 Å². The van der Waals surface area contributed by atoms with E-state index in [1.165, 1.54) is 11.8 Å². The summed E-state index contributed by atoms with van der Waals surface area (Å²) in [5, 5.41) is 9.32. The highest BCUT2D eigenvalue weighted by Gasteiger charge is 2.19. The zero-order valence-electron chi connectivity index (χ0n) is 16.0. The van der Waals surface area contributed by atoms with Crippen molar-refractivity contribution in [3.63, 3.8) is 0 Å². The number of carbonyl (C=O) groups excluding carboxylic acids is 1. The maximum Gasteiger partial charge on any atom is 0.217 e. The van der Waals surface area contributed by atoms with E-state index in [4.69, 9.17) is 0 Å². The fraction of sp³-hybridized carbons (Fsp3) is 0.136. The Balaban J connectivity index is 1.43. The number of thiazole rings is 1. The molecule has 0 saturated carbocycles. The van der Waals surface area contributed by atoms with E-state index in [2.05, 4.69) is 39.0 Å². The van der Waals surface area contributed by atoms with Gasteiger partial charge in [-0.1, -0.05) is 53.4 Å². The second-order valence-corrected chi connectivity index (χ2v) is 8.79. The predicted octanol–water partition coefficient (Wildman–Crippen LogP) is 5.33. The average Bonchev–Trinajstić information content (AvgIpc) is 3.38. The fourth-order valence-corrected chi connectivity index (χ4v) is 5.53. The summed E-state index contributed by atoms with van der Waals surface area (Å²) in [5.41, 5.74) is 4.92. The van der Waals surface area contributed by atoms with Gasteiger partial charge in [-0.2, -0.15) is 0 Å². The summed E-state index contributed by atoms with van der Waals surface area (Å²) >= 11 is 3.04. The lowest BCUT2D eigenvalue weighted by atomic mass is 10.2. The maximum absolute atomic E-state index is 13.0. The van der Waals surface area contributed by atoms with Crippen LogP contribution in [0.4, 0.5) is 0 Å². The zero-order chi connectivity index (χ0) is 20.0. The van der Waals surface area contributed by atoms with Gasteiger partial charge in [-0.25, -0.2) is 0 Å². The van der Waals surface area contributed by atoms with Gasteiger partial charge in [0.15, 0.2) is 10.9 Å². The van der Waals surface area contributed by atoms with E-state index < -0.39 is 0 Å². The van der Waals surface area contributed by atoms with Gasteiger partial charge in [0.2, 0.25) is 4.96 Å². The van der Waals surface area contributed by atoms with E-state index in [-0.39, 0.29) is 5.78 Å². The molecule has 0 atom stereocenters. The second kappa shape index (κ2) is 7.17. The Morgan fingerprint density at radius 2 is 1.79 bits per heavy atom. The highest BCUT2D eigenvalue weighted by atomic mass is 32.2. The van der Waals surface area contributed by atoms with Crippen molar-refractivity contribution in [3.05, 3.63) is 77.6 Å². The Kier molecular flexibility index (Phi) is 4.49. The normalized spacial score (nSPS) is 11.5. The van der Waals surface area contributed by atoms with Crippen LogP contribution in [0.1, 0.15) is 21.7 Å². The lowest BCUT2D eigenvalue weighted by Crippen LogP contribution is -2.06. The molecule has 144 valence electrons. The van der Waals surface area contributed by atoms with Gasteiger partial charge in [0, 0.05) is 22.6 Å². The second-order valence-electron chi connectivity index (χ2n) is 6.84. The van der Waals surface area contributed by atoms with Crippen LogP contribution in [0.25, 0.3) is 20.9 Å². The molecule has 5 nitrogen and oxygen atoms in total. The molecule has 3 aromatic heterocycles. The van der Waals surface area contributed by atoms with Crippen molar-refractivity contribution in [2.75, 3.05) is 5.75 Å². The summed E-state index contributed by atoms with van der Waals surface area (Å²) in [6.07, 6.45) is 0. The van der Waals surface area contributed by atoms with Crippen LogP contribution in [0.3, 0.4) is 0 Å². The van der Waals surface area contributed by atoms with Crippen molar-refractivity contribution in [2.45, 2.75) is 19.0 Å². The number of Topliss-reactive ketones (excluding diaryl/α,β-unsaturated/α-hetero) is 1. The molecule has 0 fully saturated rings. The molecule has 0 aliphatic heterocycles. The highest BCUT2D eigenvalue weighted by molar-refractivity contribution is 7.99. The maximum atomic E-state index is 13.0. The number of benzene rings is 2. The van der Waals surface area contributed by atoms with Crippen molar-refractivity contribution in [1.29, 1.82) is 0 Å². The number of thioether (sulfide) groups is 1. The van der Waals surface area contributed by atoms with Crippen molar-refractivity contribution in [1.82, 2.24) is 19.2 Å². The van der Waals surface area contributed by atoms with Gasteiger partial charge in [0.05, 0.1) is 16.0 Å². The third-order valence-corrected chi connectivity index (χ3v) is 6.93. The quantitative estimate of drug-likeness (QED) is 0.286. The molecule has 0 amide bonds. The molecule has 0 aliphatic rings. The van der Waals surface area contributed by atoms with Crippen LogP contribution >= 0.6 is 23.1 Å². The summed E-state index contributed by atoms with van der Waals surface area (Å²) in [7, 11) is 0. The Labute approximate surface area is 176 Å². The molecule has 0 spiro atoms. The van der Waals surface area contributed by atoms with Gasteiger partial charge in [0.25, 0.3) is 0 Å². The SMILES string of the molecule is Cc1cc(C(=O)CSc2nnc3sc4ccccc4n23)c(C)n1-c1ccccc1. The van der Waals surface area contributed by atoms with E-state index in [9.17, 15) is 4.79 Å². The van der Waals surface area contributed by atoms with Gasteiger partial charge in [-0.15, -0.1) is 10.2 Å². The Hall–Kier alpha value is -2.90. The molecule has 0 bridgehead atoms. The number of carbonyl (C=O) groups is 1. The number of aromatic nitrogens is 4. The van der Waals surface area contributed by atoms with Crippen LogP contribution in [-0.2, 0) is 0 Å². The number of aryl methyl sites for hydroxylation is 1. The molecular formula is C22H18N4OS2. The third-order valence-electron chi connectivity index (χ3n) is 4.99. The van der Waals surface area contributed by atoms with Crippen molar-refractivity contribution in [2.24, 2.45) is 0 Å². The summed E-state index contributed by atoms with van der Waals surface area (Å²) in [4.78, 5) is 13.9. The first kappa shape index (κ1) is 18.1. The standard InChI is InChI=1S/C22H18N4OS2/c1-14-12-17(15(2)25(14)16-8-4-3-5-9-16)19(27)13-28-21-23-24-22-26(21)18-10-6-7-11-20(18)29-22/h3-12H,13H2,1-2H3. The highest BCUT2D eigenvalue weighted by Crippen LogP contribution is 2.30. The summed E-state index contributed by atoms with van der Waals surface area (Å²) < 4.78 is 5.32. The van der Waals surface area contributed by atoms with Crippen LogP contribution in [0, 0.1) is 13.8 Å². The molecule has 7 heteroatoms. The first-order valence-corrected chi connectivity index (χ1v) is 11.1. The van der Waals surface area contributed by atoms with Gasteiger partial charge < -0.3 is 4.57 Å². The molecule has 0 unspecified atom stereocenters. The lowest BCUT2D eigenvalue weighted by molar-refractivity contribution is 0.102. The number of nitrogens with zero attached hydrogens (tertiary/aromatic N) is 4. The first-order valence-electron chi connectivity index (χ1n) is 9.26. The number of fused-ring (bicyclic) bond motifs is 3. The summed E-state index contributed by atoms with van der Waals surface area (Å²) in [6.45, 7) is 4.03. The Bertz CT molecular complexity index is 1350. The van der Waals surface area contributed by atoms with Gasteiger partial charge in [-0.05, 0) is 44.2 Å². The molecule has 0 radical (unpaired) electrons. The van der Waals surface area contributed by atoms with E-state index >= 15 is 0 Å². The van der Waals surface area contributed by atoms with Crippen LogP contribution < -0.4 is 0 Å². The average molecular weight is 419 g/mol. The van der Waals surface area contributed by atoms with E-state index in [1.54, 1.807) is 11.3 Å². The van der Waals surface area contributed by atoms with E-state index in [1.807, 2.05) is 54.6 Å². The molecule has 0 N–H and O–H groups in total. The van der Waals surface area contributed by atoms with Crippen molar-refractivity contribution < 1.29 is 4.79 Å². The molecule has 5 aromatic rings. The Morgan fingerprint density at radius 1 is 1.03 bits per heavy atom. The lowest BCUT2D eigenvalue weighted by Gasteiger charge is -2.09. The Morgan fingerprint density at radius 3 is 2.62 bits per heavy atom. The molecule has 5 rings (SSSR count). The third kappa shape index (κ3) is 3.07. The largest absolute Gasteiger partial charge is 0.318 e. The van der Waals surface area contributed by atoms with E-state index in [0.717, 1.165) is 43.0 Å². The van der Waals surface area contributed by atoms with Crippen molar-refractivity contribution in [3.8, 4) is 5.69 Å². The molecule has 0 saturated heterocycles. The number of rotatable bonds is 5. The molecule has 0 aliphatic carbocycles.